The minimum atomic E-state index is -0.542. The van der Waals surface area contributed by atoms with Gasteiger partial charge >= 0.3 is 11.9 Å². The van der Waals surface area contributed by atoms with Gasteiger partial charge in [-0.25, -0.2) is 0 Å². The molecule has 1 unspecified atom stereocenters. The molecule has 1 rings (SSSR count). The number of aromatic hydroxyl groups is 1. The lowest BCUT2D eigenvalue weighted by molar-refractivity contribution is -0.161. The van der Waals surface area contributed by atoms with E-state index >= 15 is 0 Å². The third kappa shape index (κ3) is 12.2. The van der Waals surface area contributed by atoms with Gasteiger partial charge in [0.1, 0.15) is 17.0 Å². The molecule has 0 radical (unpaired) electrons. The summed E-state index contributed by atoms with van der Waals surface area (Å²) in [5.41, 5.74) is 0.128. The number of carbonyl (C=O) groups excluding carboxylic acids is 2. The number of rotatable bonds is 10. The predicted octanol–water partition coefficient (Wildman–Crippen LogP) is 5.57. The van der Waals surface area contributed by atoms with Crippen molar-refractivity contribution in [1.82, 2.24) is 0 Å². The maximum Gasteiger partial charge on any atom is 0.309 e. The Labute approximate surface area is 175 Å². The third-order valence-corrected chi connectivity index (χ3v) is 4.31. The van der Waals surface area contributed by atoms with Crippen molar-refractivity contribution in [2.75, 3.05) is 0 Å². The molecular weight excluding hydrogens is 368 g/mol. The second kappa shape index (κ2) is 11.2. The normalized spacial score (nSPS) is 13.0. The van der Waals surface area contributed by atoms with Gasteiger partial charge in [0.05, 0.1) is 5.92 Å². The molecule has 0 amide bonds. The Bertz CT molecular complexity index is 635. The van der Waals surface area contributed by atoms with Crippen LogP contribution in [0, 0.1) is 5.92 Å². The first-order chi connectivity index (χ1) is 13.4. The van der Waals surface area contributed by atoms with Crippen LogP contribution in [0.5, 0.6) is 5.75 Å². The molecule has 164 valence electrons. The van der Waals surface area contributed by atoms with Crippen LogP contribution in [0.25, 0.3) is 0 Å². The second-order valence-corrected chi connectivity index (χ2v) is 9.62. The van der Waals surface area contributed by atoms with Crippen LogP contribution in [0.15, 0.2) is 24.3 Å². The lowest BCUT2D eigenvalue weighted by Crippen LogP contribution is -2.30. The Morgan fingerprint density at radius 1 is 0.862 bits per heavy atom. The van der Waals surface area contributed by atoms with Gasteiger partial charge in [0.15, 0.2) is 0 Å². The molecule has 0 fully saturated rings. The zero-order valence-electron chi connectivity index (χ0n) is 18.9. The van der Waals surface area contributed by atoms with E-state index in [1.54, 1.807) is 12.1 Å². The van der Waals surface area contributed by atoms with Crippen LogP contribution < -0.4 is 0 Å². The van der Waals surface area contributed by atoms with E-state index in [1.165, 1.54) is 5.56 Å². The van der Waals surface area contributed by atoms with Gasteiger partial charge in [-0.1, -0.05) is 25.0 Å². The first-order valence-electron chi connectivity index (χ1n) is 10.6. The molecule has 0 saturated carbocycles. The zero-order chi connectivity index (χ0) is 22.1. The average Bonchev–Trinajstić information content (AvgIpc) is 2.55. The molecule has 0 saturated heterocycles. The van der Waals surface area contributed by atoms with Gasteiger partial charge in [0, 0.05) is 6.42 Å². The SMILES string of the molecule is CC(C)(C)OC(=O)CCC(CCCCCc1ccc(O)cc1)C(=O)OC(C)(C)C. The van der Waals surface area contributed by atoms with E-state index in [0.29, 0.717) is 12.8 Å². The minimum absolute atomic E-state index is 0.217. The standard InChI is InChI=1S/C24H38O5/c1-23(2,3)28-21(26)17-14-19(22(27)29-24(4,5)6)11-9-7-8-10-18-12-15-20(25)16-13-18/h12-13,15-16,19,25H,7-11,14,17H2,1-6H3. The number of phenols is 1. The molecule has 29 heavy (non-hydrogen) atoms. The van der Waals surface area contributed by atoms with E-state index in [1.807, 2.05) is 53.7 Å². The van der Waals surface area contributed by atoms with Gasteiger partial charge in [-0.05, 0) is 84.9 Å². The van der Waals surface area contributed by atoms with Crippen molar-refractivity contribution in [2.24, 2.45) is 5.92 Å². The van der Waals surface area contributed by atoms with Crippen molar-refractivity contribution in [1.29, 1.82) is 0 Å². The molecular formula is C24H38O5. The summed E-state index contributed by atoms with van der Waals surface area (Å²) in [4.78, 5) is 24.6. The molecule has 0 spiro atoms. The largest absolute Gasteiger partial charge is 0.508 e. The summed E-state index contributed by atoms with van der Waals surface area (Å²) < 4.78 is 10.9. The summed E-state index contributed by atoms with van der Waals surface area (Å²) in [6.45, 7) is 11.1. The fourth-order valence-electron chi connectivity index (χ4n) is 3.01. The molecule has 5 nitrogen and oxygen atoms in total. The molecule has 1 aromatic rings. The van der Waals surface area contributed by atoms with Gasteiger partial charge in [-0.15, -0.1) is 0 Å². The van der Waals surface area contributed by atoms with E-state index in [4.69, 9.17) is 9.47 Å². The van der Waals surface area contributed by atoms with E-state index in [2.05, 4.69) is 0 Å². The summed E-state index contributed by atoms with van der Waals surface area (Å²) >= 11 is 0. The summed E-state index contributed by atoms with van der Waals surface area (Å²) in [6.07, 6.45) is 5.21. The Balaban J connectivity index is 2.49. The molecule has 1 aromatic carbocycles. The van der Waals surface area contributed by atoms with E-state index in [9.17, 15) is 14.7 Å². The average molecular weight is 407 g/mol. The summed E-state index contributed by atoms with van der Waals surface area (Å²) in [5.74, 6) is -0.535. The first-order valence-corrected chi connectivity index (χ1v) is 10.6. The summed E-state index contributed by atoms with van der Waals surface area (Å²) in [6, 6.07) is 7.26. The molecule has 0 aromatic heterocycles. The number of hydrogen-bond acceptors (Lipinski definition) is 5. The molecule has 0 bridgehead atoms. The monoisotopic (exact) mass is 406 g/mol. The highest BCUT2D eigenvalue weighted by atomic mass is 16.6. The minimum Gasteiger partial charge on any atom is -0.508 e. The topological polar surface area (TPSA) is 72.8 Å². The van der Waals surface area contributed by atoms with Crippen LogP contribution in [0.4, 0.5) is 0 Å². The van der Waals surface area contributed by atoms with Gasteiger partial charge in [-0.2, -0.15) is 0 Å². The lowest BCUT2D eigenvalue weighted by atomic mass is 9.95. The summed E-state index contributed by atoms with van der Waals surface area (Å²) in [7, 11) is 0. The maximum absolute atomic E-state index is 12.6. The Morgan fingerprint density at radius 2 is 1.45 bits per heavy atom. The molecule has 0 aliphatic rings. The smallest absolute Gasteiger partial charge is 0.309 e. The van der Waals surface area contributed by atoms with Crippen molar-refractivity contribution in [3.05, 3.63) is 29.8 Å². The highest BCUT2D eigenvalue weighted by Crippen LogP contribution is 2.22. The predicted molar refractivity (Wildman–Crippen MR) is 115 cm³/mol. The number of benzene rings is 1. The summed E-state index contributed by atoms with van der Waals surface area (Å²) in [5, 5.41) is 9.34. The number of esters is 2. The van der Waals surface area contributed by atoms with Gasteiger partial charge in [0.2, 0.25) is 0 Å². The molecule has 0 aliphatic carbocycles. The molecule has 0 heterocycles. The lowest BCUT2D eigenvalue weighted by Gasteiger charge is -2.24. The van der Waals surface area contributed by atoms with E-state index in [0.717, 1.165) is 25.7 Å². The van der Waals surface area contributed by atoms with Gasteiger partial charge < -0.3 is 14.6 Å². The number of phenolic OH excluding ortho intramolecular Hbond substituents is 1. The zero-order valence-corrected chi connectivity index (χ0v) is 18.9. The quantitative estimate of drug-likeness (QED) is 0.406. The van der Waals surface area contributed by atoms with Crippen LogP contribution in [0.1, 0.15) is 85.6 Å². The fraction of sp³-hybridized carbons (Fsp3) is 0.667. The number of carbonyl (C=O) groups is 2. The Morgan fingerprint density at radius 3 is 2.00 bits per heavy atom. The van der Waals surface area contributed by atoms with Crippen LogP contribution in [-0.2, 0) is 25.5 Å². The molecule has 0 aliphatic heterocycles. The van der Waals surface area contributed by atoms with Crippen molar-refractivity contribution >= 4 is 11.9 Å². The van der Waals surface area contributed by atoms with Crippen molar-refractivity contribution in [3.63, 3.8) is 0 Å². The highest BCUT2D eigenvalue weighted by Gasteiger charge is 2.26. The van der Waals surface area contributed by atoms with Crippen LogP contribution in [0.2, 0.25) is 0 Å². The maximum atomic E-state index is 12.6. The van der Waals surface area contributed by atoms with E-state index in [-0.39, 0.29) is 30.0 Å². The number of aryl methyl sites for hydroxylation is 1. The Kier molecular flexibility index (Phi) is 9.67. The number of hydrogen-bond donors (Lipinski definition) is 1. The van der Waals surface area contributed by atoms with Crippen LogP contribution >= 0.6 is 0 Å². The van der Waals surface area contributed by atoms with Crippen molar-refractivity contribution in [2.45, 2.75) is 97.7 Å². The fourth-order valence-corrected chi connectivity index (χ4v) is 3.01. The highest BCUT2D eigenvalue weighted by molar-refractivity contribution is 5.75. The molecule has 5 heteroatoms. The second-order valence-electron chi connectivity index (χ2n) is 9.62. The van der Waals surface area contributed by atoms with Crippen LogP contribution in [-0.4, -0.2) is 28.2 Å². The first kappa shape index (κ1) is 25.0. The van der Waals surface area contributed by atoms with Crippen molar-refractivity contribution in [3.8, 4) is 5.75 Å². The third-order valence-electron chi connectivity index (χ3n) is 4.31. The molecule has 1 N–H and O–H groups in total. The molecule has 1 atom stereocenters. The van der Waals surface area contributed by atoms with E-state index < -0.39 is 11.2 Å². The number of ether oxygens (including phenoxy) is 2. The van der Waals surface area contributed by atoms with Gasteiger partial charge in [0.25, 0.3) is 0 Å². The van der Waals surface area contributed by atoms with Gasteiger partial charge in [-0.3, -0.25) is 9.59 Å². The van der Waals surface area contributed by atoms with Crippen molar-refractivity contribution < 1.29 is 24.2 Å². The number of unbranched alkanes of at least 4 members (excludes halogenated alkanes) is 2. The van der Waals surface area contributed by atoms with Crippen LogP contribution in [0.3, 0.4) is 0 Å². The Hall–Kier alpha value is -2.04.